The van der Waals surface area contributed by atoms with Gasteiger partial charge in [-0.2, -0.15) is 0 Å². The van der Waals surface area contributed by atoms with Crippen molar-refractivity contribution in [2.24, 2.45) is 0 Å². The summed E-state index contributed by atoms with van der Waals surface area (Å²) < 4.78 is 0.805. The molecule has 0 bridgehead atoms. The van der Waals surface area contributed by atoms with E-state index >= 15 is 0 Å². The first-order valence-electron chi connectivity index (χ1n) is 13.2. The number of rotatable bonds is 22. The Bertz CT molecular complexity index is 393. The number of halogens is 2. The number of nitrogens with one attached hydrogen (secondary N) is 2. The van der Waals surface area contributed by atoms with E-state index in [4.69, 9.17) is 0 Å². The predicted octanol–water partition coefficient (Wildman–Crippen LogP) is -1.41. The van der Waals surface area contributed by atoms with E-state index in [1.807, 2.05) is 0 Å². The molecule has 0 aromatic heterocycles. The lowest BCUT2D eigenvalue weighted by atomic mass is 10.0. The number of likely N-dealkylation sites (N-methyl/N-ethyl adjacent to an activating group) is 2. The van der Waals surface area contributed by atoms with E-state index in [2.05, 4.69) is 40.4 Å². The Kier molecular flexibility index (Phi) is 29.2. The molecule has 0 saturated heterocycles. The molecule has 0 aromatic carbocycles. The molecule has 0 saturated carbocycles. The van der Waals surface area contributed by atoms with Crippen LogP contribution in [0.5, 0.6) is 0 Å². The summed E-state index contributed by atoms with van der Waals surface area (Å²) >= 11 is 0. The minimum absolute atomic E-state index is 0. The van der Waals surface area contributed by atoms with Crippen LogP contribution in [-0.4, -0.2) is 64.8 Å². The Morgan fingerprint density at radius 1 is 0.688 bits per heavy atom. The Hall–Kier alpha value is -0.0300. The molecular formula is C26H57Cl2N3O. The van der Waals surface area contributed by atoms with Crippen molar-refractivity contribution in [2.45, 2.75) is 110 Å². The molecule has 6 heteroatoms. The van der Waals surface area contributed by atoms with E-state index in [1.54, 1.807) is 0 Å². The Balaban J connectivity index is -0.00000420. The number of unbranched alkanes of at least 4 members (excludes halogenated alkanes) is 15. The van der Waals surface area contributed by atoms with Crippen molar-refractivity contribution >= 4 is 5.91 Å². The van der Waals surface area contributed by atoms with Crippen molar-refractivity contribution in [1.29, 1.82) is 0 Å². The van der Waals surface area contributed by atoms with Gasteiger partial charge in [0.05, 0.1) is 47.8 Å². The first kappa shape index (κ1) is 36.5. The Morgan fingerprint density at radius 3 is 1.44 bits per heavy atom. The monoisotopic (exact) mass is 497 g/mol. The highest BCUT2D eigenvalue weighted by Crippen LogP contribution is 2.14. The number of hydrogen-bond donors (Lipinski definition) is 2. The molecule has 4 nitrogen and oxygen atoms in total. The molecule has 0 radical (unpaired) electrons. The first-order valence-corrected chi connectivity index (χ1v) is 13.2. The van der Waals surface area contributed by atoms with Gasteiger partial charge in [-0.25, -0.2) is 0 Å². The third-order valence-corrected chi connectivity index (χ3v) is 6.14. The molecule has 2 N–H and O–H groups in total. The fourth-order valence-electron chi connectivity index (χ4n) is 4.06. The number of carbonyl (C=O) groups is 1. The lowest BCUT2D eigenvalue weighted by molar-refractivity contribution is -0.882. The molecule has 0 aliphatic heterocycles. The van der Waals surface area contributed by atoms with Gasteiger partial charge in [0.15, 0.2) is 6.54 Å². The van der Waals surface area contributed by atoms with Gasteiger partial charge in [0.1, 0.15) is 0 Å². The Labute approximate surface area is 214 Å². The maximum absolute atomic E-state index is 12.1. The summed E-state index contributed by atoms with van der Waals surface area (Å²) in [7, 11) is 8.59. The van der Waals surface area contributed by atoms with Crippen LogP contribution < -0.4 is 35.0 Å². The highest BCUT2D eigenvalue weighted by Gasteiger charge is 2.19. The fourth-order valence-corrected chi connectivity index (χ4v) is 4.06. The van der Waals surface area contributed by atoms with Gasteiger partial charge >= 0.3 is 0 Å². The maximum Gasteiger partial charge on any atom is 0.275 e. The number of nitrogens with zero attached hydrogens (tertiary/aromatic N) is 1. The average Bonchev–Trinajstić information content (AvgIpc) is 2.67. The second-order valence-electron chi connectivity index (χ2n) is 10.4. The summed E-state index contributed by atoms with van der Waals surface area (Å²) in [5.74, 6) is 0.192. The van der Waals surface area contributed by atoms with Crippen LogP contribution in [0, 0.1) is 0 Å². The van der Waals surface area contributed by atoms with E-state index in [0.29, 0.717) is 6.54 Å². The molecule has 0 aliphatic carbocycles. The second kappa shape index (κ2) is 25.6. The Morgan fingerprint density at radius 2 is 1.06 bits per heavy atom. The molecule has 0 aromatic rings. The molecule has 0 aliphatic rings. The molecule has 32 heavy (non-hydrogen) atoms. The van der Waals surface area contributed by atoms with Crippen LogP contribution in [-0.2, 0) is 4.79 Å². The van der Waals surface area contributed by atoms with Gasteiger partial charge in [-0.3, -0.25) is 4.79 Å². The summed E-state index contributed by atoms with van der Waals surface area (Å²) in [5.41, 5.74) is 0. The molecule has 1 amide bonds. The highest BCUT2D eigenvalue weighted by atomic mass is 35.5. The molecule has 0 spiro atoms. The third-order valence-electron chi connectivity index (χ3n) is 6.14. The van der Waals surface area contributed by atoms with Crippen LogP contribution >= 0.6 is 0 Å². The van der Waals surface area contributed by atoms with Crippen molar-refractivity contribution in [1.82, 2.24) is 5.32 Å². The van der Waals surface area contributed by atoms with Gasteiger partial charge < -0.3 is 39.5 Å². The van der Waals surface area contributed by atoms with Gasteiger partial charge in [-0.15, -0.1) is 0 Å². The number of amides is 1. The van der Waals surface area contributed by atoms with E-state index in [1.165, 1.54) is 108 Å². The number of quaternary nitrogens is 2. The molecule has 0 unspecified atom stereocenters. The van der Waals surface area contributed by atoms with Crippen molar-refractivity contribution < 1.29 is 39.0 Å². The largest absolute Gasteiger partial charge is 1.00 e. The van der Waals surface area contributed by atoms with Crippen molar-refractivity contribution in [3.63, 3.8) is 0 Å². The third kappa shape index (κ3) is 28.0. The van der Waals surface area contributed by atoms with E-state index in [9.17, 15) is 4.79 Å². The van der Waals surface area contributed by atoms with Gasteiger partial charge in [0.25, 0.3) is 5.91 Å². The normalized spacial score (nSPS) is 11.2. The van der Waals surface area contributed by atoms with Gasteiger partial charge in [0.2, 0.25) is 0 Å². The SMILES string of the molecule is CCCCCCCCCCCCCCCCCC[N+](C)(C)CC(=O)NCC[NH+](C)C.[Cl-].[Cl-]. The maximum atomic E-state index is 12.1. The van der Waals surface area contributed by atoms with Crippen LogP contribution in [0.2, 0.25) is 0 Å². The standard InChI is InChI=1S/C26H55N3O.2ClH/c1-6-7-8-9-10-11-12-13-14-15-16-17-18-19-20-21-24-29(4,5)25-26(30)27-22-23-28(2)3;;/h6-25H2,1-5H3;2*1H. The molecule has 0 heterocycles. The zero-order chi connectivity index (χ0) is 22.5. The molecule has 0 fully saturated rings. The summed E-state index contributed by atoms with van der Waals surface area (Å²) in [6.07, 6.45) is 22.5. The fraction of sp³-hybridized carbons (Fsp3) is 0.962. The molecule has 0 atom stereocenters. The van der Waals surface area contributed by atoms with Gasteiger partial charge in [-0.05, 0) is 12.8 Å². The quantitative estimate of drug-likeness (QED) is 0.140. The average molecular weight is 499 g/mol. The molecular weight excluding hydrogens is 441 g/mol. The van der Waals surface area contributed by atoms with E-state index < -0.39 is 0 Å². The zero-order valence-electron chi connectivity index (χ0n) is 22.3. The van der Waals surface area contributed by atoms with E-state index in [-0.39, 0.29) is 30.7 Å². The van der Waals surface area contributed by atoms with Gasteiger partial charge in [-0.1, -0.05) is 96.8 Å². The molecule has 196 valence electrons. The summed E-state index contributed by atoms with van der Waals surface area (Å²) in [4.78, 5) is 13.4. The van der Waals surface area contributed by atoms with Crippen LogP contribution in [0.25, 0.3) is 0 Å². The lowest BCUT2D eigenvalue weighted by Gasteiger charge is -2.29. The topological polar surface area (TPSA) is 33.5 Å². The van der Waals surface area contributed by atoms with Crippen LogP contribution in [0.15, 0.2) is 0 Å². The van der Waals surface area contributed by atoms with Crippen molar-refractivity contribution in [2.75, 3.05) is 54.4 Å². The zero-order valence-corrected chi connectivity index (χ0v) is 23.8. The summed E-state index contributed by atoms with van der Waals surface area (Å²) in [6, 6.07) is 0. The highest BCUT2D eigenvalue weighted by molar-refractivity contribution is 5.77. The van der Waals surface area contributed by atoms with Crippen molar-refractivity contribution in [3.05, 3.63) is 0 Å². The predicted molar refractivity (Wildman–Crippen MR) is 132 cm³/mol. The minimum Gasteiger partial charge on any atom is -1.00 e. The molecule has 0 rings (SSSR count). The lowest BCUT2D eigenvalue weighted by Crippen LogP contribution is -3.06. The second-order valence-corrected chi connectivity index (χ2v) is 10.4. The van der Waals surface area contributed by atoms with Crippen LogP contribution in [0.4, 0.5) is 0 Å². The minimum atomic E-state index is 0. The number of hydrogen-bond acceptors (Lipinski definition) is 1. The summed E-state index contributed by atoms with van der Waals surface area (Å²) in [6.45, 7) is 5.75. The smallest absolute Gasteiger partial charge is 0.275 e. The first-order chi connectivity index (χ1) is 14.4. The van der Waals surface area contributed by atoms with Crippen LogP contribution in [0.3, 0.4) is 0 Å². The summed E-state index contributed by atoms with van der Waals surface area (Å²) in [5, 5.41) is 3.05. The van der Waals surface area contributed by atoms with E-state index in [0.717, 1.165) is 24.1 Å². The van der Waals surface area contributed by atoms with Crippen LogP contribution in [0.1, 0.15) is 110 Å². The van der Waals surface area contributed by atoms with Gasteiger partial charge in [0, 0.05) is 0 Å². The number of carbonyl (C=O) groups excluding carboxylic acids is 1. The van der Waals surface area contributed by atoms with Crippen molar-refractivity contribution in [3.8, 4) is 0 Å².